The summed E-state index contributed by atoms with van der Waals surface area (Å²) in [7, 11) is 0. The van der Waals surface area contributed by atoms with Crippen LogP contribution < -0.4 is 20.1 Å². The standard InChI is InChI=1S/C18H16N2O4/c1-2-8-19-17(21)12-4-3-5-13(9-12)18(22)20-14-6-7-15-16(10-14)24-11-23-15/h2-7,9-10H,1,8,11H2,(H,19,21)(H,20,22). The molecule has 0 aliphatic carbocycles. The van der Waals surface area contributed by atoms with Gasteiger partial charge in [-0.2, -0.15) is 0 Å². The maximum atomic E-state index is 12.4. The molecule has 6 nitrogen and oxygen atoms in total. The smallest absolute Gasteiger partial charge is 0.255 e. The highest BCUT2D eigenvalue weighted by Crippen LogP contribution is 2.34. The van der Waals surface area contributed by atoms with Crippen molar-refractivity contribution in [1.82, 2.24) is 5.32 Å². The van der Waals surface area contributed by atoms with Gasteiger partial charge in [0.1, 0.15) is 0 Å². The van der Waals surface area contributed by atoms with Crippen molar-refractivity contribution < 1.29 is 19.1 Å². The summed E-state index contributed by atoms with van der Waals surface area (Å²) < 4.78 is 10.5. The van der Waals surface area contributed by atoms with E-state index in [0.29, 0.717) is 34.9 Å². The first-order chi connectivity index (χ1) is 11.7. The normalized spacial score (nSPS) is 11.7. The average molecular weight is 324 g/mol. The molecule has 0 atom stereocenters. The number of hydrogen-bond acceptors (Lipinski definition) is 4. The molecule has 122 valence electrons. The molecule has 1 heterocycles. The number of rotatable bonds is 5. The molecule has 0 spiro atoms. The Morgan fingerprint density at radius 2 is 1.79 bits per heavy atom. The van der Waals surface area contributed by atoms with Crippen LogP contribution >= 0.6 is 0 Å². The van der Waals surface area contributed by atoms with Crippen LogP contribution in [-0.4, -0.2) is 25.2 Å². The van der Waals surface area contributed by atoms with Crippen molar-refractivity contribution in [2.75, 3.05) is 18.7 Å². The second-order valence-corrected chi connectivity index (χ2v) is 5.10. The van der Waals surface area contributed by atoms with Gasteiger partial charge in [0.25, 0.3) is 11.8 Å². The number of carbonyl (C=O) groups is 2. The lowest BCUT2D eigenvalue weighted by molar-refractivity contribution is 0.0958. The molecule has 24 heavy (non-hydrogen) atoms. The van der Waals surface area contributed by atoms with Gasteiger partial charge in [-0.05, 0) is 30.3 Å². The van der Waals surface area contributed by atoms with Gasteiger partial charge in [0, 0.05) is 29.4 Å². The minimum Gasteiger partial charge on any atom is -0.454 e. The van der Waals surface area contributed by atoms with Crippen molar-refractivity contribution in [2.45, 2.75) is 0 Å². The van der Waals surface area contributed by atoms with Crippen LogP contribution in [0.2, 0.25) is 0 Å². The number of fused-ring (bicyclic) bond motifs is 1. The summed E-state index contributed by atoms with van der Waals surface area (Å²) in [6, 6.07) is 11.7. The van der Waals surface area contributed by atoms with Gasteiger partial charge in [-0.25, -0.2) is 0 Å². The molecule has 0 saturated heterocycles. The van der Waals surface area contributed by atoms with E-state index in [-0.39, 0.29) is 18.6 Å². The second kappa shape index (κ2) is 6.87. The van der Waals surface area contributed by atoms with Gasteiger partial charge < -0.3 is 20.1 Å². The number of amides is 2. The minimum absolute atomic E-state index is 0.175. The first-order valence-corrected chi connectivity index (χ1v) is 7.37. The Hall–Kier alpha value is -3.28. The van der Waals surface area contributed by atoms with Gasteiger partial charge in [-0.1, -0.05) is 12.1 Å². The molecule has 0 fully saturated rings. The number of benzene rings is 2. The van der Waals surface area contributed by atoms with Crippen LogP contribution in [0.5, 0.6) is 11.5 Å². The van der Waals surface area contributed by atoms with E-state index in [1.165, 1.54) is 0 Å². The number of carbonyl (C=O) groups excluding carboxylic acids is 2. The highest BCUT2D eigenvalue weighted by Gasteiger charge is 2.15. The average Bonchev–Trinajstić information content (AvgIpc) is 3.07. The quantitative estimate of drug-likeness (QED) is 0.829. The molecular weight excluding hydrogens is 308 g/mol. The number of anilines is 1. The van der Waals surface area contributed by atoms with Crippen molar-refractivity contribution in [3.8, 4) is 11.5 Å². The summed E-state index contributed by atoms with van der Waals surface area (Å²) in [5, 5.41) is 5.45. The fraction of sp³-hybridized carbons (Fsp3) is 0.111. The fourth-order valence-electron chi connectivity index (χ4n) is 2.25. The summed E-state index contributed by atoms with van der Waals surface area (Å²) >= 11 is 0. The van der Waals surface area contributed by atoms with E-state index in [1.54, 1.807) is 48.5 Å². The largest absolute Gasteiger partial charge is 0.454 e. The highest BCUT2D eigenvalue weighted by molar-refractivity contribution is 6.06. The number of ether oxygens (including phenoxy) is 2. The summed E-state index contributed by atoms with van der Waals surface area (Å²) in [4.78, 5) is 24.3. The molecule has 6 heteroatoms. The van der Waals surface area contributed by atoms with Crippen molar-refractivity contribution >= 4 is 17.5 Å². The van der Waals surface area contributed by atoms with Gasteiger partial charge in [0.2, 0.25) is 6.79 Å². The molecule has 2 aromatic carbocycles. The third-order valence-electron chi connectivity index (χ3n) is 3.42. The van der Waals surface area contributed by atoms with Crippen LogP contribution in [-0.2, 0) is 0 Å². The molecule has 2 aromatic rings. The van der Waals surface area contributed by atoms with Crippen LogP contribution in [0.3, 0.4) is 0 Å². The second-order valence-electron chi connectivity index (χ2n) is 5.10. The SMILES string of the molecule is C=CCNC(=O)c1cccc(C(=O)Nc2ccc3c(c2)OCO3)c1. The topological polar surface area (TPSA) is 76.7 Å². The molecule has 1 aliphatic heterocycles. The van der Waals surface area contributed by atoms with Gasteiger partial charge >= 0.3 is 0 Å². The van der Waals surface area contributed by atoms with E-state index in [1.807, 2.05) is 0 Å². The van der Waals surface area contributed by atoms with E-state index >= 15 is 0 Å². The Morgan fingerprint density at radius 3 is 2.58 bits per heavy atom. The summed E-state index contributed by atoms with van der Waals surface area (Å²) in [5.74, 6) is 0.666. The van der Waals surface area contributed by atoms with Gasteiger partial charge in [0.15, 0.2) is 11.5 Å². The molecule has 0 saturated carbocycles. The Labute approximate surface area is 139 Å². The molecule has 2 N–H and O–H groups in total. The van der Waals surface area contributed by atoms with Crippen LogP contribution in [0.15, 0.2) is 55.1 Å². The predicted octanol–water partition coefficient (Wildman–Crippen LogP) is 2.58. The Balaban J connectivity index is 1.73. The van der Waals surface area contributed by atoms with Crippen LogP contribution in [0.25, 0.3) is 0 Å². The highest BCUT2D eigenvalue weighted by atomic mass is 16.7. The fourth-order valence-corrected chi connectivity index (χ4v) is 2.25. The van der Waals surface area contributed by atoms with Crippen molar-refractivity contribution in [1.29, 1.82) is 0 Å². The van der Waals surface area contributed by atoms with Crippen LogP contribution in [0.1, 0.15) is 20.7 Å². The van der Waals surface area contributed by atoms with Crippen molar-refractivity contribution in [2.24, 2.45) is 0 Å². The maximum absolute atomic E-state index is 12.4. The van der Waals surface area contributed by atoms with E-state index in [0.717, 1.165) is 0 Å². The maximum Gasteiger partial charge on any atom is 0.255 e. The summed E-state index contributed by atoms with van der Waals surface area (Å²) in [6.07, 6.45) is 1.59. The van der Waals surface area contributed by atoms with Gasteiger partial charge in [-0.3, -0.25) is 9.59 Å². The molecular formula is C18H16N2O4. The first-order valence-electron chi connectivity index (χ1n) is 7.37. The zero-order chi connectivity index (χ0) is 16.9. The van der Waals surface area contributed by atoms with E-state index in [4.69, 9.17) is 9.47 Å². The third kappa shape index (κ3) is 3.38. The molecule has 0 radical (unpaired) electrons. The molecule has 0 bridgehead atoms. The number of hydrogen-bond donors (Lipinski definition) is 2. The molecule has 0 aromatic heterocycles. The lowest BCUT2D eigenvalue weighted by Gasteiger charge is -2.08. The molecule has 3 rings (SSSR count). The zero-order valence-corrected chi connectivity index (χ0v) is 12.9. The van der Waals surface area contributed by atoms with Crippen molar-refractivity contribution in [3.05, 3.63) is 66.2 Å². The Bertz CT molecular complexity index is 801. The van der Waals surface area contributed by atoms with E-state index < -0.39 is 0 Å². The molecule has 2 amide bonds. The lowest BCUT2D eigenvalue weighted by Crippen LogP contribution is -2.23. The predicted molar refractivity (Wildman–Crippen MR) is 89.5 cm³/mol. The van der Waals surface area contributed by atoms with E-state index in [9.17, 15) is 9.59 Å². The Kier molecular flexibility index (Phi) is 4.47. The monoisotopic (exact) mass is 324 g/mol. The first kappa shape index (κ1) is 15.6. The third-order valence-corrected chi connectivity index (χ3v) is 3.42. The summed E-state index contributed by atoms with van der Waals surface area (Å²) in [6.45, 7) is 4.09. The summed E-state index contributed by atoms with van der Waals surface area (Å²) in [5.41, 5.74) is 1.39. The zero-order valence-electron chi connectivity index (χ0n) is 12.9. The van der Waals surface area contributed by atoms with Crippen molar-refractivity contribution in [3.63, 3.8) is 0 Å². The van der Waals surface area contributed by atoms with Crippen LogP contribution in [0.4, 0.5) is 5.69 Å². The van der Waals surface area contributed by atoms with Gasteiger partial charge in [0.05, 0.1) is 0 Å². The van der Waals surface area contributed by atoms with Crippen LogP contribution in [0, 0.1) is 0 Å². The van der Waals surface area contributed by atoms with E-state index in [2.05, 4.69) is 17.2 Å². The van der Waals surface area contributed by atoms with Gasteiger partial charge in [-0.15, -0.1) is 6.58 Å². The lowest BCUT2D eigenvalue weighted by atomic mass is 10.1. The molecule has 0 unspecified atom stereocenters. The molecule has 1 aliphatic rings. The minimum atomic E-state index is -0.313. The number of nitrogens with one attached hydrogen (secondary N) is 2. The Morgan fingerprint density at radius 1 is 1.04 bits per heavy atom.